The molecular formula is C28H66NO12PS2. The molecule has 0 amide bonds. The van der Waals surface area contributed by atoms with Crippen LogP contribution in [0.1, 0.15) is 107 Å². The molecule has 1 rings (SSSR count). The molecule has 1 heterocycles. The monoisotopic (exact) mass is 703 g/mol. The zero-order valence-electron chi connectivity index (χ0n) is 20.1. The number of esters is 2. The third kappa shape index (κ3) is 19.1. The van der Waals surface area contributed by atoms with Gasteiger partial charge in [0.25, 0.3) is 5.89 Å². The molecule has 1 aromatic heterocycles. The molecule has 4 atom stereocenters. The Morgan fingerprint density at radius 3 is 1.82 bits per heavy atom. The van der Waals surface area contributed by atoms with Crippen LogP contribution in [0.25, 0.3) is 0 Å². The number of methoxy groups -OCH3 is 1. The van der Waals surface area contributed by atoms with Crippen molar-refractivity contribution >= 4 is 39.5 Å². The molecular weight excluding hydrogens is 637 g/mol. The molecule has 0 spiro atoms. The fourth-order valence-electron chi connectivity index (χ4n) is 2.36. The third-order valence-corrected chi connectivity index (χ3v) is 8.33. The molecule has 4 unspecified atom stereocenters. The predicted octanol–water partition coefficient (Wildman–Crippen LogP) is 5.47. The van der Waals surface area contributed by atoms with E-state index in [0.29, 0.717) is 0 Å². The summed E-state index contributed by atoms with van der Waals surface area (Å²) in [5.74, 6) is -2.90. The zero-order valence-corrected chi connectivity index (χ0v) is 22.6. The van der Waals surface area contributed by atoms with Crippen LogP contribution >= 0.6 is 6.92 Å². The molecule has 0 aliphatic rings. The summed E-state index contributed by atoms with van der Waals surface area (Å²) < 4.78 is 36.4. The number of aromatic nitrogens is 1. The molecule has 16 heteroatoms. The van der Waals surface area contributed by atoms with Gasteiger partial charge in [0.05, 0.1) is 19.8 Å². The number of hydrogen-bond acceptors (Lipinski definition) is 14. The second kappa shape index (κ2) is 30.1. The number of hydrogen-bond donors (Lipinski definition) is 1. The average Bonchev–Trinajstić information content (AvgIpc) is 3.30. The number of aliphatic hydroxyl groups is 1. The lowest BCUT2D eigenvalue weighted by molar-refractivity contribution is -0.207. The third-order valence-electron chi connectivity index (χ3n) is 5.07. The molecule has 272 valence electrons. The normalized spacial score (nSPS) is 13.5. The minimum atomic E-state index is -1.79. The Kier molecular flexibility index (Phi) is 44.6. The van der Waals surface area contributed by atoms with E-state index in [1.807, 2.05) is 0 Å². The van der Waals surface area contributed by atoms with Gasteiger partial charge in [-0.1, -0.05) is 73.8 Å². The minimum Gasteiger partial charge on any atom is -0.620 e. The molecule has 13 nitrogen and oxygen atoms in total. The first-order valence-electron chi connectivity index (χ1n) is 10.4. The van der Waals surface area contributed by atoms with Crippen LogP contribution in [-0.2, 0) is 59.6 Å². The molecule has 0 radical (unpaired) electrons. The van der Waals surface area contributed by atoms with Crippen LogP contribution in [0.3, 0.4) is 0 Å². The van der Waals surface area contributed by atoms with Gasteiger partial charge >= 0.3 is 17.8 Å². The van der Waals surface area contributed by atoms with E-state index in [1.165, 1.54) is 27.9 Å². The van der Waals surface area contributed by atoms with E-state index in [9.17, 15) is 19.3 Å². The Morgan fingerprint density at radius 1 is 0.932 bits per heavy atom. The highest BCUT2D eigenvalue weighted by Gasteiger charge is 2.45. The fourth-order valence-corrected chi connectivity index (χ4v) is 3.79. The summed E-state index contributed by atoms with van der Waals surface area (Å²) in [6.45, 7) is 2.60. The van der Waals surface area contributed by atoms with Crippen molar-refractivity contribution in [1.82, 2.24) is 5.16 Å². The van der Waals surface area contributed by atoms with Crippen LogP contribution in [-0.4, -0.2) is 79.7 Å². The number of nitrogens with zero attached hydrogens (tertiary/aromatic N) is 1. The van der Waals surface area contributed by atoms with Gasteiger partial charge in [-0.25, -0.2) is 14.4 Å². The van der Waals surface area contributed by atoms with E-state index >= 15 is 0 Å². The summed E-state index contributed by atoms with van der Waals surface area (Å²) in [5, 5.41) is 12.5. The van der Waals surface area contributed by atoms with E-state index in [2.05, 4.69) is 20.9 Å². The number of carbonyl (C=O) groups is 2. The summed E-state index contributed by atoms with van der Waals surface area (Å²) in [6, 6.07) is 0. The predicted molar refractivity (Wildman–Crippen MR) is 185 cm³/mol. The maximum absolute atomic E-state index is 12.8. The highest BCUT2D eigenvalue weighted by molar-refractivity contribution is 8.33. The summed E-state index contributed by atoms with van der Waals surface area (Å²) >= 11 is 4.63. The highest BCUT2D eigenvalue weighted by Crippen LogP contribution is 2.28. The van der Waals surface area contributed by atoms with Crippen LogP contribution in [0.2, 0.25) is 0 Å². The molecule has 1 aromatic rings. The number of carbonyl (C=O) groups excluding carboxylic acids is 2. The standard InChI is InChI=1S/C19H30NO12PS2.9CH4/c1-6-17(2,14(22)28-9-10-33(25)35-34)29-12-19(4,15(23)27-8-7-21)30-11-18(3,26-5)13-20-32-16(24)31-13;;;;;;;;;/h21H,6-12H2,1-5H3;9*1H4. The van der Waals surface area contributed by atoms with Crippen LogP contribution < -0.4 is 10.7 Å². The Bertz CT molecular complexity index is 970. The van der Waals surface area contributed by atoms with Gasteiger partial charge in [-0.05, 0) is 32.3 Å². The van der Waals surface area contributed by atoms with Crippen molar-refractivity contribution in [3.63, 3.8) is 0 Å². The van der Waals surface area contributed by atoms with Gasteiger partial charge in [0.1, 0.15) is 35.8 Å². The number of rotatable bonds is 16. The van der Waals surface area contributed by atoms with E-state index in [4.69, 9.17) is 33.2 Å². The molecule has 0 fully saturated rings. The van der Waals surface area contributed by atoms with Gasteiger partial charge < -0.3 is 38.1 Å². The van der Waals surface area contributed by atoms with Crippen LogP contribution in [0.5, 0.6) is 0 Å². The van der Waals surface area contributed by atoms with Gasteiger partial charge in [-0.15, -0.1) is 0 Å². The van der Waals surface area contributed by atoms with Gasteiger partial charge in [0.2, 0.25) is 0 Å². The van der Waals surface area contributed by atoms with E-state index in [-0.39, 0.29) is 105 Å². The van der Waals surface area contributed by atoms with Crippen molar-refractivity contribution in [2.24, 2.45) is 0 Å². The second-order valence-electron chi connectivity index (χ2n) is 7.79. The van der Waals surface area contributed by atoms with E-state index in [1.54, 1.807) is 6.92 Å². The van der Waals surface area contributed by atoms with Crippen LogP contribution in [0.15, 0.2) is 13.7 Å². The van der Waals surface area contributed by atoms with Crippen molar-refractivity contribution in [3.05, 3.63) is 16.5 Å². The Hall–Kier alpha value is -1.58. The topological polar surface area (TPSA) is 180 Å². The largest absolute Gasteiger partial charge is 0.620 e. The van der Waals surface area contributed by atoms with E-state index < -0.39 is 54.7 Å². The zero-order chi connectivity index (χ0) is 26.7. The molecule has 0 saturated heterocycles. The molecule has 0 saturated carbocycles. The highest BCUT2D eigenvalue weighted by atomic mass is 32.9. The molecule has 0 aliphatic carbocycles. The number of ether oxygens (including phenoxy) is 5. The molecule has 1 N–H and O–H groups in total. The average molecular weight is 704 g/mol. The fraction of sp³-hybridized carbons (Fsp3) is 0.857. The lowest BCUT2D eigenvalue weighted by atomic mass is 10.0. The molecule has 0 bridgehead atoms. The van der Waals surface area contributed by atoms with Crippen molar-refractivity contribution in [3.8, 4) is 0 Å². The Morgan fingerprint density at radius 2 is 1.41 bits per heavy atom. The maximum atomic E-state index is 12.8. The summed E-state index contributed by atoms with van der Waals surface area (Å²) in [6.07, 6.45) is 0.270. The van der Waals surface area contributed by atoms with Crippen LogP contribution in [0.4, 0.5) is 0 Å². The first-order chi connectivity index (χ1) is 16.4. The summed E-state index contributed by atoms with van der Waals surface area (Å²) in [5.41, 5.74) is -4.70. The molecule has 44 heavy (non-hydrogen) atoms. The number of aliphatic hydroxyl groups excluding tert-OH is 1. The lowest BCUT2D eigenvalue weighted by Crippen LogP contribution is -2.51. The van der Waals surface area contributed by atoms with Gasteiger partial charge in [-0.3, -0.25) is 4.52 Å². The smallest absolute Gasteiger partial charge is 0.542 e. The van der Waals surface area contributed by atoms with Gasteiger partial charge in [-0.2, -0.15) is 0 Å². The Labute approximate surface area is 277 Å². The van der Waals surface area contributed by atoms with Gasteiger partial charge in [0, 0.05) is 18.3 Å². The van der Waals surface area contributed by atoms with E-state index in [0.717, 1.165) is 9.50 Å². The maximum Gasteiger partial charge on any atom is 0.542 e. The van der Waals surface area contributed by atoms with Crippen molar-refractivity contribution in [2.45, 2.75) is 118 Å². The van der Waals surface area contributed by atoms with Crippen LogP contribution in [0, 0.1) is 0 Å². The van der Waals surface area contributed by atoms with Crippen molar-refractivity contribution in [1.29, 1.82) is 0 Å². The van der Waals surface area contributed by atoms with Gasteiger partial charge in [0.15, 0.2) is 16.8 Å². The lowest BCUT2D eigenvalue weighted by Gasteiger charge is -2.35. The second-order valence-corrected chi connectivity index (χ2v) is 12.1. The quantitative estimate of drug-likeness (QED) is 0.169. The minimum absolute atomic E-state index is 0. The molecule has 0 aromatic carbocycles. The first-order valence-corrected chi connectivity index (χ1v) is 14.2. The van der Waals surface area contributed by atoms with Crippen molar-refractivity contribution < 1.29 is 52.2 Å². The van der Waals surface area contributed by atoms with Crippen molar-refractivity contribution in [2.75, 3.05) is 46.3 Å². The SMILES string of the molecule is C.C.C.C.C.C.C.C.C.CCC(C)(OCC(C)(OCC(C)(OC)c1noc(=O)o1)C(=O)OCCO)C(=O)OCC[P+]([O-])=S=S. The summed E-state index contributed by atoms with van der Waals surface area (Å²) in [4.78, 5) is 48.1. The molecule has 0 aliphatic heterocycles. The Balaban J connectivity index is -0.000000194. The summed E-state index contributed by atoms with van der Waals surface area (Å²) in [7, 11) is 2.07. The first kappa shape index (κ1) is 65.2.